The van der Waals surface area contributed by atoms with Crippen molar-refractivity contribution in [3.05, 3.63) is 70.6 Å². The first-order valence-electron chi connectivity index (χ1n) is 12.5. The summed E-state index contributed by atoms with van der Waals surface area (Å²) in [5, 5.41) is 81.0. The number of aromatic hydroxyl groups is 2. The molecule has 0 saturated heterocycles. The molecular weight excluding hydrogens is 548 g/mol. The van der Waals surface area contributed by atoms with Crippen molar-refractivity contribution in [1.29, 1.82) is 0 Å². The second-order valence-electron chi connectivity index (χ2n) is 9.62. The molecule has 0 aliphatic carbocycles. The Labute approximate surface area is 232 Å². The van der Waals surface area contributed by atoms with Gasteiger partial charge in [-0.05, 0) is 24.6 Å². The summed E-state index contributed by atoms with van der Waals surface area (Å²) in [6, 6.07) is 8.42. The van der Waals surface area contributed by atoms with E-state index in [-0.39, 0.29) is 29.2 Å². The number of carbonyl (C=O) groups excluding carboxylic acids is 1. The predicted octanol–water partition coefficient (Wildman–Crippen LogP) is 2.05. The number of hydrogen-bond acceptors (Lipinski definition) is 14. The van der Waals surface area contributed by atoms with Crippen LogP contribution in [0.1, 0.15) is 35.4 Å². The Morgan fingerprint density at radius 3 is 2.29 bits per heavy atom. The summed E-state index contributed by atoms with van der Waals surface area (Å²) in [6.45, 7) is 0.581. The van der Waals surface area contributed by atoms with E-state index in [1.165, 1.54) is 25.1 Å². The fourth-order valence-electron chi connectivity index (χ4n) is 4.66. The van der Waals surface area contributed by atoms with Crippen molar-refractivity contribution in [3.63, 3.8) is 0 Å². The van der Waals surface area contributed by atoms with Gasteiger partial charge in [0.1, 0.15) is 46.9 Å². The van der Waals surface area contributed by atoms with Crippen LogP contribution in [-0.4, -0.2) is 90.2 Å². The summed E-state index contributed by atoms with van der Waals surface area (Å²) < 4.78 is 28.3. The van der Waals surface area contributed by atoms with E-state index < -0.39 is 84.3 Å². The number of ether oxygens (including phenoxy) is 5. The number of ketones is 1. The monoisotopic (exact) mass is 576 g/mol. The topological polar surface area (TPSA) is 225 Å². The maximum atomic E-state index is 12.9. The van der Waals surface area contributed by atoms with Gasteiger partial charge in [-0.15, -0.1) is 0 Å². The average molecular weight is 577 g/mol. The molecule has 7 atom stereocenters. The van der Waals surface area contributed by atoms with Gasteiger partial charge >= 0.3 is 0 Å². The lowest BCUT2D eigenvalue weighted by Crippen LogP contribution is -2.52. The SMILES string of the molecule is CC1O[C@@H](OC2C(O)=C(O)C(CO)O[C@H]2Oc2cc(O)c3c(c2)OC(c2ccc(O)cc2)CC3=O)C(O)C(O)=C1O. The Kier molecular flexibility index (Phi) is 7.59. The molecule has 41 heavy (non-hydrogen) atoms. The summed E-state index contributed by atoms with van der Waals surface area (Å²) in [4.78, 5) is 12.9. The lowest BCUT2D eigenvalue weighted by molar-refractivity contribution is -0.283. The molecule has 220 valence electrons. The molecule has 3 aliphatic heterocycles. The zero-order valence-electron chi connectivity index (χ0n) is 21.4. The Morgan fingerprint density at radius 1 is 0.902 bits per heavy atom. The van der Waals surface area contributed by atoms with Gasteiger partial charge in [-0.1, -0.05) is 12.1 Å². The molecule has 2 aromatic rings. The van der Waals surface area contributed by atoms with Crippen LogP contribution in [0.25, 0.3) is 0 Å². The van der Waals surface area contributed by atoms with Crippen LogP contribution in [-0.2, 0) is 14.2 Å². The third-order valence-electron chi connectivity index (χ3n) is 6.84. The van der Waals surface area contributed by atoms with E-state index in [9.17, 15) is 45.6 Å². The Bertz CT molecular complexity index is 1380. The molecule has 0 aromatic heterocycles. The van der Waals surface area contributed by atoms with Gasteiger partial charge in [-0.3, -0.25) is 4.79 Å². The van der Waals surface area contributed by atoms with E-state index in [0.29, 0.717) is 5.56 Å². The van der Waals surface area contributed by atoms with Crippen LogP contribution in [0.2, 0.25) is 0 Å². The van der Waals surface area contributed by atoms with Crippen molar-refractivity contribution < 1.29 is 69.3 Å². The maximum absolute atomic E-state index is 12.9. The van der Waals surface area contributed by atoms with E-state index in [2.05, 4.69) is 0 Å². The van der Waals surface area contributed by atoms with Crippen LogP contribution >= 0.6 is 0 Å². The molecular formula is C27H28O14. The van der Waals surface area contributed by atoms with Gasteiger partial charge in [0.15, 0.2) is 47.3 Å². The van der Waals surface area contributed by atoms with Crippen molar-refractivity contribution in [3.8, 4) is 23.0 Å². The highest BCUT2D eigenvalue weighted by atomic mass is 16.8. The summed E-state index contributed by atoms with van der Waals surface area (Å²) in [5.74, 6) is -4.12. The van der Waals surface area contributed by atoms with Gasteiger partial charge in [0, 0.05) is 12.1 Å². The number of carbonyl (C=O) groups is 1. The molecule has 14 nitrogen and oxygen atoms in total. The summed E-state index contributed by atoms with van der Waals surface area (Å²) >= 11 is 0. The number of hydrogen-bond donors (Lipinski definition) is 8. The number of phenolic OH excluding ortho intramolecular Hbond substituents is 2. The highest BCUT2D eigenvalue weighted by Crippen LogP contribution is 2.43. The van der Waals surface area contributed by atoms with Crippen LogP contribution in [0.4, 0.5) is 0 Å². The fourth-order valence-corrected chi connectivity index (χ4v) is 4.66. The predicted molar refractivity (Wildman–Crippen MR) is 135 cm³/mol. The Hall–Kier alpha value is -4.21. The van der Waals surface area contributed by atoms with Gasteiger partial charge in [0.25, 0.3) is 0 Å². The molecule has 0 fully saturated rings. The van der Waals surface area contributed by atoms with E-state index >= 15 is 0 Å². The molecule has 0 saturated carbocycles. The molecule has 0 spiro atoms. The fraction of sp³-hybridized carbons (Fsp3) is 0.370. The zero-order chi connectivity index (χ0) is 29.6. The number of fused-ring (bicyclic) bond motifs is 1. The molecule has 5 rings (SSSR count). The summed E-state index contributed by atoms with van der Waals surface area (Å²) in [7, 11) is 0. The molecule has 0 amide bonds. The van der Waals surface area contributed by atoms with Crippen LogP contribution in [0.3, 0.4) is 0 Å². The third-order valence-corrected chi connectivity index (χ3v) is 6.84. The molecule has 3 heterocycles. The van der Waals surface area contributed by atoms with Crippen molar-refractivity contribution >= 4 is 5.78 Å². The summed E-state index contributed by atoms with van der Waals surface area (Å²) in [6.07, 6.45) is -10.3. The number of Topliss-reactive ketones (excluding diaryl/α,β-unsaturated/α-hetero) is 1. The van der Waals surface area contributed by atoms with E-state index in [4.69, 9.17) is 23.7 Å². The zero-order valence-corrected chi connectivity index (χ0v) is 21.4. The first kappa shape index (κ1) is 28.3. The minimum Gasteiger partial charge on any atom is -0.508 e. The van der Waals surface area contributed by atoms with Crippen LogP contribution < -0.4 is 9.47 Å². The molecule has 0 bridgehead atoms. The van der Waals surface area contributed by atoms with Gasteiger partial charge in [0.05, 0.1) is 13.0 Å². The van der Waals surface area contributed by atoms with E-state index in [0.717, 1.165) is 6.07 Å². The van der Waals surface area contributed by atoms with Crippen molar-refractivity contribution in [2.45, 2.75) is 56.4 Å². The second kappa shape index (κ2) is 11.0. The quantitative estimate of drug-likeness (QED) is 0.246. The standard InChI is InChI=1S/C27H28O14/c1-10-20(32)22(34)24(36)26(37-10)41-25-23(35)21(33)18(9-28)40-27(25)38-13-6-14(30)19-15(31)8-16(39-17(19)7-13)11-2-4-12(29)5-3-11/h2-7,10,16,18,24-30,32-36H,8-9H2,1H3/t10?,16?,18?,24?,25?,26-,27+/m0/s1. The van der Waals surface area contributed by atoms with Crippen LogP contribution in [0.15, 0.2) is 59.4 Å². The Balaban J connectivity index is 1.44. The van der Waals surface area contributed by atoms with Gasteiger partial charge in [0.2, 0.25) is 6.29 Å². The van der Waals surface area contributed by atoms with Crippen LogP contribution in [0, 0.1) is 0 Å². The molecule has 8 N–H and O–H groups in total. The van der Waals surface area contributed by atoms with Gasteiger partial charge in [-0.25, -0.2) is 0 Å². The lowest BCUT2D eigenvalue weighted by atomic mass is 9.95. The van der Waals surface area contributed by atoms with E-state index in [1.807, 2.05) is 0 Å². The van der Waals surface area contributed by atoms with Gasteiger partial charge in [-0.2, -0.15) is 0 Å². The minimum absolute atomic E-state index is 0.0297. The highest BCUT2D eigenvalue weighted by molar-refractivity contribution is 6.02. The van der Waals surface area contributed by atoms with Crippen molar-refractivity contribution in [2.24, 2.45) is 0 Å². The maximum Gasteiger partial charge on any atom is 0.234 e. The van der Waals surface area contributed by atoms with E-state index in [1.54, 1.807) is 12.1 Å². The van der Waals surface area contributed by atoms with Gasteiger partial charge < -0.3 is 64.5 Å². The number of benzene rings is 2. The van der Waals surface area contributed by atoms with Crippen LogP contribution in [0.5, 0.6) is 23.0 Å². The molecule has 14 heteroatoms. The first-order valence-corrected chi connectivity index (χ1v) is 12.5. The normalized spacial score (nSPS) is 30.1. The summed E-state index contributed by atoms with van der Waals surface area (Å²) in [5.41, 5.74) is 0.504. The molecule has 2 aromatic carbocycles. The number of phenols is 2. The smallest absolute Gasteiger partial charge is 0.234 e. The van der Waals surface area contributed by atoms with Crippen molar-refractivity contribution in [2.75, 3.05) is 6.61 Å². The Morgan fingerprint density at radius 2 is 1.61 bits per heavy atom. The molecule has 0 radical (unpaired) electrons. The highest BCUT2D eigenvalue weighted by Gasteiger charge is 2.46. The average Bonchev–Trinajstić information content (AvgIpc) is 2.94. The molecule has 5 unspecified atom stereocenters. The number of aliphatic hydroxyl groups is 6. The van der Waals surface area contributed by atoms with Crippen molar-refractivity contribution in [1.82, 2.24) is 0 Å². The number of rotatable bonds is 6. The minimum atomic E-state index is -1.89. The number of aliphatic hydroxyl groups excluding tert-OH is 6. The first-order chi connectivity index (χ1) is 19.5. The lowest BCUT2D eigenvalue weighted by Gasteiger charge is -2.38. The molecule has 3 aliphatic rings. The third kappa shape index (κ3) is 5.30. The second-order valence-corrected chi connectivity index (χ2v) is 9.62. The largest absolute Gasteiger partial charge is 0.508 e.